The minimum absolute atomic E-state index is 0.0739. The summed E-state index contributed by atoms with van der Waals surface area (Å²) in [5, 5.41) is 11.1. The zero-order valence-electron chi connectivity index (χ0n) is 9.63. The Morgan fingerprint density at radius 2 is 2.11 bits per heavy atom. The van der Waals surface area contributed by atoms with Gasteiger partial charge in [-0.05, 0) is 40.5 Å². The summed E-state index contributed by atoms with van der Waals surface area (Å²) in [5.74, 6) is -0.716. The number of rotatable bonds is 5. The van der Waals surface area contributed by atoms with Crippen molar-refractivity contribution in [2.75, 3.05) is 11.9 Å². The lowest BCUT2D eigenvalue weighted by Gasteiger charge is -2.12. The van der Waals surface area contributed by atoms with Crippen LogP contribution in [0.3, 0.4) is 0 Å². The lowest BCUT2D eigenvalue weighted by atomic mass is 10.2. The van der Waals surface area contributed by atoms with Gasteiger partial charge in [0.1, 0.15) is 5.75 Å². The Morgan fingerprint density at radius 3 is 2.63 bits per heavy atom. The zero-order chi connectivity index (χ0) is 14.5. The molecule has 1 rings (SSSR count). The van der Waals surface area contributed by atoms with Gasteiger partial charge >= 0.3 is 6.36 Å². The lowest BCUT2D eigenvalue weighted by Crippen LogP contribution is -2.17. The van der Waals surface area contributed by atoms with Gasteiger partial charge < -0.3 is 15.2 Å². The van der Waals surface area contributed by atoms with Crippen LogP contribution in [0.4, 0.5) is 18.9 Å². The maximum atomic E-state index is 12.0. The Hall–Kier alpha value is -1.28. The Morgan fingerprint density at radius 1 is 1.42 bits per heavy atom. The van der Waals surface area contributed by atoms with Crippen molar-refractivity contribution in [1.29, 1.82) is 0 Å². The van der Waals surface area contributed by atoms with Crippen LogP contribution in [0.1, 0.15) is 12.8 Å². The van der Waals surface area contributed by atoms with E-state index in [-0.39, 0.29) is 29.2 Å². The molecule has 0 radical (unpaired) electrons. The first-order valence-corrected chi connectivity index (χ1v) is 6.07. The number of ether oxygens (including phenoxy) is 1. The molecule has 0 spiro atoms. The molecule has 0 aliphatic carbocycles. The number of anilines is 1. The molecule has 0 fully saturated rings. The normalized spacial score (nSPS) is 11.2. The Balaban J connectivity index is 2.69. The highest BCUT2D eigenvalue weighted by Crippen LogP contribution is 2.32. The van der Waals surface area contributed by atoms with Crippen molar-refractivity contribution in [2.45, 2.75) is 19.2 Å². The van der Waals surface area contributed by atoms with Crippen molar-refractivity contribution >= 4 is 27.5 Å². The average molecular weight is 342 g/mol. The number of benzene rings is 1. The number of carbonyl (C=O) groups excluding carboxylic acids is 1. The van der Waals surface area contributed by atoms with E-state index in [0.717, 1.165) is 6.07 Å². The number of hydrogen-bond acceptors (Lipinski definition) is 3. The molecule has 2 N–H and O–H groups in total. The van der Waals surface area contributed by atoms with E-state index in [2.05, 4.69) is 26.0 Å². The van der Waals surface area contributed by atoms with Crippen LogP contribution >= 0.6 is 15.9 Å². The first kappa shape index (κ1) is 15.8. The topological polar surface area (TPSA) is 58.6 Å². The second-order valence-electron chi connectivity index (χ2n) is 3.57. The third kappa shape index (κ3) is 5.93. The quantitative estimate of drug-likeness (QED) is 0.865. The van der Waals surface area contributed by atoms with E-state index >= 15 is 0 Å². The maximum Gasteiger partial charge on any atom is 0.573 e. The van der Waals surface area contributed by atoms with Gasteiger partial charge in [0.05, 0.1) is 4.47 Å². The molecule has 4 nitrogen and oxygen atoms in total. The molecule has 1 aromatic rings. The van der Waals surface area contributed by atoms with E-state index in [9.17, 15) is 18.0 Å². The second kappa shape index (κ2) is 6.76. The molecule has 19 heavy (non-hydrogen) atoms. The van der Waals surface area contributed by atoms with Crippen LogP contribution in [0, 0.1) is 0 Å². The number of alkyl halides is 3. The highest BCUT2D eigenvalue weighted by atomic mass is 79.9. The number of amides is 1. The van der Waals surface area contributed by atoms with Crippen molar-refractivity contribution in [1.82, 2.24) is 0 Å². The van der Waals surface area contributed by atoms with Crippen molar-refractivity contribution in [3.63, 3.8) is 0 Å². The molecule has 0 saturated carbocycles. The van der Waals surface area contributed by atoms with E-state index < -0.39 is 6.36 Å². The molecule has 0 bridgehead atoms. The molecular weight excluding hydrogens is 331 g/mol. The average Bonchev–Trinajstić information content (AvgIpc) is 2.28. The van der Waals surface area contributed by atoms with Gasteiger partial charge in [0.15, 0.2) is 0 Å². The highest BCUT2D eigenvalue weighted by molar-refractivity contribution is 9.10. The smallest absolute Gasteiger partial charge is 0.405 e. The number of aliphatic hydroxyl groups is 1. The van der Waals surface area contributed by atoms with Gasteiger partial charge in [0.2, 0.25) is 5.91 Å². The Labute approximate surface area is 115 Å². The fourth-order valence-corrected chi connectivity index (χ4v) is 1.71. The maximum absolute atomic E-state index is 12.0. The van der Waals surface area contributed by atoms with Gasteiger partial charge in [-0.15, -0.1) is 13.2 Å². The molecule has 1 amide bonds. The molecule has 8 heteroatoms. The van der Waals surface area contributed by atoms with Crippen molar-refractivity contribution in [2.24, 2.45) is 0 Å². The summed E-state index contributed by atoms with van der Waals surface area (Å²) in [7, 11) is 0. The van der Waals surface area contributed by atoms with E-state index in [1.54, 1.807) is 0 Å². The minimum Gasteiger partial charge on any atom is -0.405 e. The highest BCUT2D eigenvalue weighted by Gasteiger charge is 2.31. The third-order valence-corrected chi connectivity index (χ3v) is 2.62. The fraction of sp³-hybridized carbons (Fsp3) is 0.364. The van der Waals surface area contributed by atoms with Crippen molar-refractivity contribution in [3.8, 4) is 5.75 Å². The third-order valence-electron chi connectivity index (χ3n) is 2.00. The molecule has 0 heterocycles. The standard InChI is InChI=1S/C11H11BrF3NO3/c12-8-6-7(16-10(18)2-1-5-17)3-4-9(8)19-11(13,14)15/h3-4,6,17H,1-2,5H2,(H,16,18). The van der Waals surface area contributed by atoms with Gasteiger partial charge in [-0.3, -0.25) is 4.79 Å². The van der Waals surface area contributed by atoms with Gasteiger partial charge in [-0.2, -0.15) is 0 Å². The van der Waals surface area contributed by atoms with Crippen molar-refractivity contribution < 1.29 is 27.8 Å². The van der Waals surface area contributed by atoms with Gasteiger partial charge in [-0.25, -0.2) is 0 Å². The van der Waals surface area contributed by atoms with Crippen LogP contribution in [-0.4, -0.2) is 24.0 Å². The molecule has 0 aromatic heterocycles. The van der Waals surface area contributed by atoms with Crippen LogP contribution < -0.4 is 10.1 Å². The predicted octanol–water partition coefficient (Wildman–Crippen LogP) is 3.06. The van der Waals surface area contributed by atoms with Crippen LogP contribution in [0.5, 0.6) is 5.75 Å². The summed E-state index contributed by atoms with van der Waals surface area (Å²) in [6, 6.07) is 3.69. The van der Waals surface area contributed by atoms with Gasteiger partial charge in [-0.1, -0.05) is 0 Å². The first-order valence-electron chi connectivity index (χ1n) is 5.28. The second-order valence-corrected chi connectivity index (χ2v) is 4.42. The largest absolute Gasteiger partial charge is 0.573 e. The fourth-order valence-electron chi connectivity index (χ4n) is 1.25. The monoisotopic (exact) mass is 341 g/mol. The van der Waals surface area contributed by atoms with Gasteiger partial charge in [0, 0.05) is 18.7 Å². The number of hydrogen-bond donors (Lipinski definition) is 2. The summed E-state index contributed by atoms with van der Waals surface area (Å²) in [6.45, 7) is -0.102. The minimum atomic E-state index is -4.77. The summed E-state index contributed by atoms with van der Waals surface area (Å²) >= 11 is 2.93. The SMILES string of the molecule is O=C(CCCO)Nc1ccc(OC(F)(F)F)c(Br)c1. The van der Waals surface area contributed by atoms with Crippen LogP contribution in [0.25, 0.3) is 0 Å². The zero-order valence-corrected chi connectivity index (χ0v) is 11.2. The van der Waals surface area contributed by atoms with Crippen LogP contribution in [-0.2, 0) is 4.79 Å². The van der Waals surface area contributed by atoms with E-state index in [1.807, 2.05) is 0 Å². The Bertz CT molecular complexity index is 451. The number of aliphatic hydroxyl groups excluding tert-OH is 1. The lowest BCUT2D eigenvalue weighted by molar-refractivity contribution is -0.274. The van der Waals surface area contributed by atoms with Crippen molar-refractivity contribution in [3.05, 3.63) is 22.7 Å². The van der Waals surface area contributed by atoms with Gasteiger partial charge in [0.25, 0.3) is 0 Å². The molecule has 1 aromatic carbocycles. The van der Waals surface area contributed by atoms with E-state index in [0.29, 0.717) is 12.1 Å². The van der Waals surface area contributed by atoms with E-state index in [4.69, 9.17) is 5.11 Å². The summed E-state index contributed by atoms with van der Waals surface area (Å²) in [6.07, 6.45) is -4.31. The van der Waals surface area contributed by atoms with Crippen LogP contribution in [0.15, 0.2) is 22.7 Å². The Kier molecular flexibility index (Phi) is 5.61. The molecule has 0 aliphatic rings. The summed E-state index contributed by atoms with van der Waals surface area (Å²) in [5.41, 5.74) is 0.337. The first-order chi connectivity index (χ1) is 8.81. The molecule has 0 atom stereocenters. The molecule has 0 aliphatic heterocycles. The molecule has 0 saturated heterocycles. The molecule has 0 unspecified atom stereocenters. The number of carbonyl (C=O) groups is 1. The summed E-state index contributed by atoms with van der Waals surface area (Å²) in [4.78, 5) is 11.3. The van der Waals surface area contributed by atoms with Crippen LogP contribution in [0.2, 0.25) is 0 Å². The summed E-state index contributed by atoms with van der Waals surface area (Å²) < 4.78 is 39.9. The molecule has 106 valence electrons. The number of halogens is 4. The van der Waals surface area contributed by atoms with E-state index in [1.165, 1.54) is 12.1 Å². The number of nitrogens with one attached hydrogen (secondary N) is 1. The predicted molar refractivity (Wildman–Crippen MR) is 65.8 cm³/mol. The molecular formula is C11H11BrF3NO3.